The van der Waals surface area contributed by atoms with Crippen molar-refractivity contribution in [3.63, 3.8) is 0 Å². The zero-order valence-electron chi connectivity index (χ0n) is 7.94. The molecule has 88 valence electrons. The molecule has 3 N–H and O–H groups in total. The van der Waals surface area contributed by atoms with Crippen molar-refractivity contribution in [2.24, 2.45) is 5.73 Å². The second kappa shape index (κ2) is 4.71. The van der Waals surface area contributed by atoms with E-state index in [-0.39, 0.29) is 5.02 Å². The van der Waals surface area contributed by atoms with Gasteiger partial charge >= 0.3 is 6.18 Å². The minimum absolute atomic E-state index is 0.184. The minimum Gasteiger partial charge on any atom is -0.323 e. The van der Waals surface area contributed by atoms with Gasteiger partial charge in [0, 0.05) is 0 Å². The van der Waals surface area contributed by atoms with Crippen LogP contribution in [0.1, 0.15) is 5.56 Å². The molecular weight excluding hydrogens is 245 g/mol. The zero-order valence-corrected chi connectivity index (χ0v) is 8.69. The van der Waals surface area contributed by atoms with E-state index in [4.69, 9.17) is 17.3 Å². The van der Waals surface area contributed by atoms with Crippen LogP contribution in [0.5, 0.6) is 0 Å². The molecule has 1 aromatic rings. The monoisotopic (exact) mass is 252 g/mol. The topological polar surface area (TPSA) is 55.1 Å². The number of carbonyl (C=O) groups is 1. The molecule has 1 amide bonds. The molecule has 0 fully saturated rings. The van der Waals surface area contributed by atoms with Gasteiger partial charge in [0.25, 0.3) is 0 Å². The fourth-order valence-corrected chi connectivity index (χ4v) is 1.30. The lowest BCUT2D eigenvalue weighted by molar-refractivity contribution is -0.137. The SMILES string of the molecule is NCC(=O)Nc1c(Cl)cccc1C(F)(F)F. The van der Waals surface area contributed by atoms with Crippen molar-refractivity contribution in [1.82, 2.24) is 0 Å². The average molecular weight is 253 g/mol. The average Bonchev–Trinajstić information content (AvgIpc) is 2.19. The number of nitrogens with one attached hydrogen (secondary N) is 1. The molecule has 0 saturated carbocycles. The first-order chi connectivity index (χ1) is 7.36. The Kier molecular flexibility index (Phi) is 3.77. The third-order valence-corrected chi connectivity index (χ3v) is 2.08. The minimum atomic E-state index is -4.58. The largest absolute Gasteiger partial charge is 0.418 e. The van der Waals surface area contributed by atoms with Gasteiger partial charge in [-0.1, -0.05) is 17.7 Å². The molecule has 3 nitrogen and oxygen atoms in total. The molecule has 0 unspecified atom stereocenters. The number of amides is 1. The molecule has 0 spiro atoms. The van der Waals surface area contributed by atoms with E-state index in [1.807, 2.05) is 5.32 Å². The molecule has 0 aliphatic carbocycles. The summed E-state index contributed by atoms with van der Waals surface area (Å²) in [5.74, 6) is -0.737. The smallest absolute Gasteiger partial charge is 0.323 e. The van der Waals surface area contributed by atoms with Crippen molar-refractivity contribution >= 4 is 23.2 Å². The third-order valence-electron chi connectivity index (χ3n) is 1.77. The maximum absolute atomic E-state index is 12.5. The van der Waals surface area contributed by atoms with Crippen LogP contribution in [0.4, 0.5) is 18.9 Å². The molecule has 1 aromatic carbocycles. The molecule has 0 aromatic heterocycles. The summed E-state index contributed by atoms with van der Waals surface area (Å²) in [6.07, 6.45) is -4.58. The Morgan fingerprint density at radius 2 is 2.06 bits per heavy atom. The van der Waals surface area contributed by atoms with Crippen LogP contribution in [0.15, 0.2) is 18.2 Å². The number of rotatable bonds is 2. The van der Waals surface area contributed by atoms with Crippen molar-refractivity contribution in [3.8, 4) is 0 Å². The molecule has 0 saturated heterocycles. The molecule has 0 aliphatic heterocycles. The fraction of sp³-hybridized carbons (Fsp3) is 0.222. The van der Waals surface area contributed by atoms with Gasteiger partial charge in [0.2, 0.25) is 5.91 Å². The first-order valence-corrected chi connectivity index (χ1v) is 4.59. The van der Waals surface area contributed by atoms with Crippen LogP contribution in [0, 0.1) is 0 Å². The van der Waals surface area contributed by atoms with Crippen LogP contribution in [0.3, 0.4) is 0 Å². The molecule has 0 aliphatic rings. The van der Waals surface area contributed by atoms with Gasteiger partial charge in [-0.3, -0.25) is 4.79 Å². The Morgan fingerprint density at radius 1 is 1.44 bits per heavy atom. The fourth-order valence-electron chi connectivity index (χ4n) is 1.08. The quantitative estimate of drug-likeness (QED) is 0.848. The van der Waals surface area contributed by atoms with Crippen LogP contribution in [0.2, 0.25) is 5.02 Å². The van der Waals surface area contributed by atoms with Gasteiger partial charge in [0.15, 0.2) is 0 Å². The summed E-state index contributed by atoms with van der Waals surface area (Å²) in [5.41, 5.74) is 3.53. The number of carbonyl (C=O) groups excluding carboxylic acids is 1. The Morgan fingerprint density at radius 3 is 2.56 bits per heavy atom. The van der Waals surface area contributed by atoms with Crippen molar-refractivity contribution < 1.29 is 18.0 Å². The number of halogens is 4. The van der Waals surface area contributed by atoms with Crippen molar-refractivity contribution in [1.29, 1.82) is 0 Å². The highest BCUT2D eigenvalue weighted by molar-refractivity contribution is 6.34. The molecule has 0 radical (unpaired) electrons. The second-order valence-electron chi connectivity index (χ2n) is 2.91. The van der Waals surface area contributed by atoms with Crippen LogP contribution in [-0.4, -0.2) is 12.5 Å². The summed E-state index contributed by atoms with van der Waals surface area (Å²) in [6, 6.07) is 3.24. The lowest BCUT2D eigenvalue weighted by Crippen LogP contribution is -2.24. The van der Waals surface area contributed by atoms with Crippen LogP contribution >= 0.6 is 11.6 Å². The van der Waals surface area contributed by atoms with Crippen molar-refractivity contribution in [2.45, 2.75) is 6.18 Å². The first-order valence-electron chi connectivity index (χ1n) is 4.22. The van der Waals surface area contributed by atoms with E-state index in [1.54, 1.807) is 0 Å². The zero-order chi connectivity index (χ0) is 12.3. The van der Waals surface area contributed by atoms with Gasteiger partial charge in [0.1, 0.15) is 0 Å². The van der Waals surface area contributed by atoms with Crippen LogP contribution in [0.25, 0.3) is 0 Å². The summed E-state index contributed by atoms with van der Waals surface area (Å²) in [6.45, 7) is -0.414. The van der Waals surface area contributed by atoms with Crippen LogP contribution < -0.4 is 11.1 Å². The van der Waals surface area contributed by atoms with E-state index in [2.05, 4.69) is 0 Å². The third kappa shape index (κ3) is 2.86. The van der Waals surface area contributed by atoms with E-state index in [0.717, 1.165) is 12.1 Å². The number of para-hydroxylation sites is 1. The van der Waals surface area contributed by atoms with Gasteiger partial charge in [-0.05, 0) is 12.1 Å². The van der Waals surface area contributed by atoms with Crippen molar-refractivity contribution in [2.75, 3.05) is 11.9 Å². The number of anilines is 1. The predicted octanol–water partition coefficient (Wildman–Crippen LogP) is 2.26. The molecule has 0 atom stereocenters. The highest BCUT2D eigenvalue weighted by atomic mass is 35.5. The van der Waals surface area contributed by atoms with E-state index < -0.39 is 29.9 Å². The number of hydrogen-bond acceptors (Lipinski definition) is 2. The van der Waals surface area contributed by atoms with Crippen molar-refractivity contribution in [3.05, 3.63) is 28.8 Å². The Bertz CT molecular complexity index is 406. The Balaban J connectivity index is 3.19. The number of hydrogen-bond donors (Lipinski definition) is 2. The molecule has 0 bridgehead atoms. The number of benzene rings is 1. The van der Waals surface area contributed by atoms with E-state index >= 15 is 0 Å². The summed E-state index contributed by atoms with van der Waals surface area (Å²) >= 11 is 5.58. The van der Waals surface area contributed by atoms with E-state index in [0.29, 0.717) is 0 Å². The highest BCUT2D eigenvalue weighted by Gasteiger charge is 2.34. The van der Waals surface area contributed by atoms with Gasteiger partial charge in [-0.25, -0.2) is 0 Å². The molecule has 0 heterocycles. The Labute approximate surface area is 94.4 Å². The standard InChI is InChI=1S/C9H8ClF3N2O/c10-6-3-1-2-5(9(11,12)13)8(6)15-7(16)4-14/h1-3H,4,14H2,(H,15,16). The normalized spacial score (nSPS) is 11.3. The van der Waals surface area contributed by atoms with E-state index in [1.165, 1.54) is 6.07 Å². The number of alkyl halides is 3. The molecule has 7 heteroatoms. The predicted molar refractivity (Wildman–Crippen MR) is 54.1 cm³/mol. The molecular formula is C9H8ClF3N2O. The number of nitrogens with two attached hydrogens (primary N) is 1. The summed E-state index contributed by atoms with van der Waals surface area (Å²) < 4.78 is 37.6. The lowest BCUT2D eigenvalue weighted by atomic mass is 10.1. The van der Waals surface area contributed by atoms with Gasteiger partial charge in [0.05, 0.1) is 22.8 Å². The molecule has 1 rings (SSSR count). The Hall–Kier alpha value is -1.27. The highest BCUT2D eigenvalue weighted by Crippen LogP contribution is 2.38. The van der Waals surface area contributed by atoms with Gasteiger partial charge in [-0.15, -0.1) is 0 Å². The second-order valence-corrected chi connectivity index (χ2v) is 3.32. The van der Waals surface area contributed by atoms with Gasteiger partial charge < -0.3 is 11.1 Å². The van der Waals surface area contributed by atoms with Crippen LogP contribution in [-0.2, 0) is 11.0 Å². The van der Waals surface area contributed by atoms with Gasteiger partial charge in [-0.2, -0.15) is 13.2 Å². The lowest BCUT2D eigenvalue weighted by Gasteiger charge is -2.14. The summed E-state index contributed by atoms with van der Waals surface area (Å²) in [4.78, 5) is 11.0. The maximum Gasteiger partial charge on any atom is 0.418 e. The van der Waals surface area contributed by atoms with E-state index in [9.17, 15) is 18.0 Å². The summed E-state index contributed by atoms with van der Waals surface area (Å²) in [5, 5.41) is 1.84. The first kappa shape index (κ1) is 12.8. The summed E-state index contributed by atoms with van der Waals surface area (Å²) in [7, 11) is 0. The molecule has 16 heavy (non-hydrogen) atoms. The maximum atomic E-state index is 12.5.